The minimum Gasteiger partial charge on any atom is -0.376 e. The standard InChI is InChI=1S/C18H27ClFN3O2.2ClH/c1-12(9-21-3)18(24)22-10-16(23-7-8-25-13(2)11-23)17-14(19)5-4-6-15(17)20;;/h4-6,12-13,16,21H,7-11H2,1-3H3,(H,22,24);2*1H. The molecule has 9 heteroatoms. The summed E-state index contributed by atoms with van der Waals surface area (Å²) >= 11 is 6.29. The molecule has 5 nitrogen and oxygen atoms in total. The first-order valence-electron chi connectivity index (χ1n) is 8.66. The van der Waals surface area contributed by atoms with Crippen LogP contribution in [0, 0.1) is 11.7 Å². The van der Waals surface area contributed by atoms with E-state index in [0.717, 1.165) is 0 Å². The lowest BCUT2D eigenvalue weighted by Crippen LogP contribution is -2.47. The van der Waals surface area contributed by atoms with Gasteiger partial charge in [0.25, 0.3) is 0 Å². The Labute approximate surface area is 178 Å². The Morgan fingerprint density at radius 1 is 1.41 bits per heavy atom. The molecule has 0 aliphatic carbocycles. The van der Waals surface area contributed by atoms with Crippen LogP contribution in [0.25, 0.3) is 0 Å². The Bertz CT molecular complexity index is 575. The van der Waals surface area contributed by atoms with E-state index in [-0.39, 0.29) is 54.6 Å². The monoisotopic (exact) mass is 443 g/mol. The van der Waals surface area contributed by atoms with Crippen LogP contribution in [0.15, 0.2) is 18.2 Å². The number of ether oxygens (including phenoxy) is 1. The van der Waals surface area contributed by atoms with Crippen molar-refractivity contribution in [3.63, 3.8) is 0 Å². The van der Waals surface area contributed by atoms with E-state index in [1.165, 1.54) is 6.07 Å². The maximum Gasteiger partial charge on any atom is 0.224 e. The summed E-state index contributed by atoms with van der Waals surface area (Å²) in [6, 6.07) is 4.35. The molecule has 1 aromatic carbocycles. The number of carbonyl (C=O) groups is 1. The summed E-state index contributed by atoms with van der Waals surface area (Å²) in [6.07, 6.45) is 0.0562. The molecule has 27 heavy (non-hydrogen) atoms. The molecule has 1 aliphatic rings. The van der Waals surface area contributed by atoms with Crippen LogP contribution in [0.4, 0.5) is 4.39 Å². The van der Waals surface area contributed by atoms with Gasteiger partial charge < -0.3 is 15.4 Å². The number of halogens is 4. The van der Waals surface area contributed by atoms with Crippen LogP contribution in [0.3, 0.4) is 0 Å². The van der Waals surface area contributed by atoms with Crippen LogP contribution in [-0.4, -0.2) is 56.7 Å². The van der Waals surface area contributed by atoms with Crippen molar-refractivity contribution in [3.8, 4) is 0 Å². The Hall–Kier alpha value is -0.630. The Morgan fingerprint density at radius 2 is 2.11 bits per heavy atom. The fourth-order valence-corrected chi connectivity index (χ4v) is 3.43. The van der Waals surface area contributed by atoms with E-state index in [9.17, 15) is 9.18 Å². The number of hydrogen-bond donors (Lipinski definition) is 2. The minimum absolute atomic E-state index is 0. The second kappa shape index (κ2) is 12.8. The van der Waals surface area contributed by atoms with Gasteiger partial charge in [0.2, 0.25) is 5.91 Å². The van der Waals surface area contributed by atoms with E-state index in [1.54, 1.807) is 19.2 Å². The molecule has 0 aromatic heterocycles. The number of hydrogen-bond acceptors (Lipinski definition) is 4. The van der Waals surface area contributed by atoms with Crippen molar-refractivity contribution in [3.05, 3.63) is 34.6 Å². The van der Waals surface area contributed by atoms with E-state index in [1.807, 2.05) is 13.8 Å². The van der Waals surface area contributed by atoms with Gasteiger partial charge in [0, 0.05) is 42.7 Å². The van der Waals surface area contributed by atoms with E-state index in [2.05, 4.69) is 15.5 Å². The minimum atomic E-state index is -0.353. The lowest BCUT2D eigenvalue weighted by Gasteiger charge is -2.38. The molecule has 3 unspecified atom stereocenters. The quantitative estimate of drug-likeness (QED) is 0.679. The summed E-state index contributed by atoms with van der Waals surface area (Å²) in [5.74, 6) is -0.576. The molecule has 1 heterocycles. The van der Waals surface area contributed by atoms with Crippen LogP contribution >= 0.6 is 36.4 Å². The molecule has 1 aliphatic heterocycles. The average Bonchev–Trinajstić information content (AvgIpc) is 2.57. The number of morpholine rings is 1. The van der Waals surface area contributed by atoms with Crippen molar-refractivity contribution < 1.29 is 13.9 Å². The van der Waals surface area contributed by atoms with Gasteiger partial charge in [0.15, 0.2) is 0 Å². The third kappa shape index (κ3) is 7.37. The number of carbonyl (C=O) groups excluding carboxylic acids is 1. The van der Waals surface area contributed by atoms with Gasteiger partial charge in [-0.15, -0.1) is 24.8 Å². The van der Waals surface area contributed by atoms with E-state index < -0.39 is 0 Å². The predicted molar refractivity (Wildman–Crippen MR) is 112 cm³/mol. The first-order valence-corrected chi connectivity index (χ1v) is 9.03. The smallest absolute Gasteiger partial charge is 0.224 e. The zero-order valence-corrected chi connectivity index (χ0v) is 18.2. The molecule has 2 rings (SSSR count). The molecule has 2 N–H and O–H groups in total. The van der Waals surface area contributed by atoms with E-state index in [4.69, 9.17) is 16.3 Å². The SMILES string of the molecule is CNCC(C)C(=O)NCC(c1c(F)cccc1Cl)N1CCOC(C)C1.Cl.Cl. The summed E-state index contributed by atoms with van der Waals surface area (Å²) in [6.45, 7) is 6.64. The fourth-order valence-electron chi connectivity index (χ4n) is 3.14. The highest BCUT2D eigenvalue weighted by Crippen LogP contribution is 2.31. The Kier molecular flexibility index (Phi) is 12.5. The first kappa shape index (κ1) is 26.4. The average molecular weight is 445 g/mol. The van der Waals surface area contributed by atoms with Gasteiger partial charge >= 0.3 is 0 Å². The largest absolute Gasteiger partial charge is 0.376 e. The molecule has 1 fully saturated rings. The number of nitrogens with zero attached hydrogens (tertiary/aromatic N) is 1. The highest BCUT2D eigenvalue weighted by atomic mass is 35.5. The molecule has 0 bridgehead atoms. The molecular formula is C18H29Cl3FN3O2. The molecule has 1 amide bonds. The number of nitrogens with one attached hydrogen (secondary N) is 2. The van der Waals surface area contributed by atoms with Crippen molar-refractivity contribution in [1.29, 1.82) is 0 Å². The molecule has 0 spiro atoms. The molecule has 156 valence electrons. The second-order valence-corrected chi connectivity index (χ2v) is 6.94. The number of benzene rings is 1. The molecule has 1 saturated heterocycles. The zero-order valence-electron chi connectivity index (χ0n) is 15.8. The number of amides is 1. The van der Waals surface area contributed by atoms with E-state index >= 15 is 0 Å². The molecule has 0 radical (unpaired) electrons. The van der Waals surface area contributed by atoms with Crippen LogP contribution in [0.5, 0.6) is 0 Å². The van der Waals surface area contributed by atoms with Crippen molar-refractivity contribution in [2.75, 3.05) is 39.8 Å². The van der Waals surface area contributed by atoms with Gasteiger partial charge in [0.05, 0.1) is 18.8 Å². The third-order valence-corrected chi connectivity index (χ3v) is 4.80. The summed E-state index contributed by atoms with van der Waals surface area (Å²) in [4.78, 5) is 14.4. The lowest BCUT2D eigenvalue weighted by atomic mass is 10.0. The van der Waals surface area contributed by atoms with Gasteiger partial charge in [-0.1, -0.05) is 24.6 Å². The highest BCUT2D eigenvalue weighted by molar-refractivity contribution is 6.31. The molecule has 1 aromatic rings. The summed E-state index contributed by atoms with van der Waals surface area (Å²) in [7, 11) is 1.81. The van der Waals surface area contributed by atoms with Crippen LogP contribution in [0.2, 0.25) is 5.02 Å². The van der Waals surface area contributed by atoms with Crippen molar-refractivity contribution in [2.24, 2.45) is 5.92 Å². The summed E-state index contributed by atoms with van der Waals surface area (Å²) in [5, 5.41) is 6.31. The lowest BCUT2D eigenvalue weighted by molar-refractivity contribution is -0.124. The van der Waals surface area contributed by atoms with Crippen LogP contribution in [0.1, 0.15) is 25.5 Å². The Morgan fingerprint density at radius 3 is 2.70 bits per heavy atom. The number of rotatable bonds is 7. The first-order chi connectivity index (χ1) is 11.9. The van der Waals surface area contributed by atoms with Gasteiger partial charge in [-0.05, 0) is 26.1 Å². The van der Waals surface area contributed by atoms with Gasteiger partial charge in [-0.3, -0.25) is 9.69 Å². The van der Waals surface area contributed by atoms with E-state index in [0.29, 0.717) is 43.4 Å². The summed E-state index contributed by atoms with van der Waals surface area (Å²) in [5.41, 5.74) is 0.430. The maximum atomic E-state index is 14.5. The topological polar surface area (TPSA) is 53.6 Å². The van der Waals surface area contributed by atoms with Crippen molar-refractivity contribution >= 4 is 42.3 Å². The van der Waals surface area contributed by atoms with Gasteiger partial charge in [0.1, 0.15) is 5.82 Å². The fraction of sp³-hybridized carbons (Fsp3) is 0.611. The summed E-state index contributed by atoms with van der Waals surface area (Å²) < 4.78 is 20.1. The zero-order chi connectivity index (χ0) is 18.4. The second-order valence-electron chi connectivity index (χ2n) is 6.53. The normalized spacial score (nSPS) is 19.4. The third-order valence-electron chi connectivity index (χ3n) is 4.47. The highest BCUT2D eigenvalue weighted by Gasteiger charge is 2.29. The molecule has 3 atom stereocenters. The van der Waals surface area contributed by atoms with Gasteiger partial charge in [-0.25, -0.2) is 4.39 Å². The molecular weight excluding hydrogens is 416 g/mol. The maximum absolute atomic E-state index is 14.5. The van der Waals surface area contributed by atoms with Crippen molar-refractivity contribution in [2.45, 2.75) is 26.0 Å². The molecule has 0 saturated carbocycles. The van der Waals surface area contributed by atoms with Gasteiger partial charge in [-0.2, -0.15) is 0 Å². The van der Waals surface area contributed by atoms with Crippen LogP contribution in [-0.2, 0) is 9.53 Å². The predicted octanol–water partition coefficient (Wildman–Crippen LogP) is 3.06. The van der Waals surface area contributed by atoms with Crippen LogP contribution < -0.4 is 10.6 Å². The van der Waals surface area contributed by atoms with Crippen molar-refractivity contribution in [1.82, 2.24) is 15.5 Å². The Balaban J connectivity index is 0.00000338.